The largest absolute Gasteiger partial charge is 0.508 e. The van der Waals surface area contributed by atoms with Gasteiger partial charge in [0.05, 0.1) is 0 Å². The van der Waals surface area contributed by atoms with Crippen LogP contribution in [0.1, 0.15) is 16.7 Å². The topological polar surface area (TPSA) is 20.2 Å². The van der Waals surface area contributed by atoms with E-state index in [4.69, 9.17) is 5.11 Å². The van der Waals surface area contributed by atoms with Crippen molar-refractivity contribution in [2.75, 3.05) is 0 Å². The van der Waals surface area contributed by atoms with E-state index in [9.17, 15) is 0 Å². The van der Waals surface area contributed by atoms with Crippen LogP contribution < -0.4 is 0 Å². The Balaban J connectivity index is 0.000000160. The van der Waals surface area contributed by atoms with Crippen LogP contribution in [0.25, 0.3) is 10.8 Å². The van der Waals surface area contributed by atoms with Crippen LogP contribution >= 0.6 is 0 Å². The van der Waals surface area contributed by atoms with Crippen molar-refractivity contribution >= 4 is 10.8 Å². The lowest BCUT2D eigenvalue weighted by atomic mass is 10.0. The number of aryl methyl sites for hydroxylation is 3. The highest BCUT2D eigenvalue weighted by Crippen LogP contribution is 2.20. The van der Waals surface area contributed by atoms with Crippen LogP contribution in [0.3, 0.4) is 0 Å². The second-order valence-electron chi connectivity index (χ2n) is 5.06. The highest BCUT2D eigenvalue weighted by molar-refractivity contribution is 5.86. The molecular formula is C19H20O. The van der Waals surface area contributed by atoms with Gasteiger partial charge in [0.25, 0.3) is 0 Å². The zero-order valence-corrected chi connectivity index (χ0v) is 12.2. The smallest absolute Gasteiger partial charge is 0.115 e. The van der Waals surface area contributed by atoms with Gasteiger partial charge in [-0.15, -0.1) is 0 Å². The first-order valence-corrected chi connectivity index (χ1v) is 6.78. The summed E-state index contributed by atoms with van der Waals surface area (Å²) < 4.78 is 0. The summed E-state index contributed by atoms with van der Waals surface area (Å²) in [6.45, 7) is 6.32. The fourth-order valence-electron chi connectivity index (χ4n) is 2.08. The van der Waals surface area contributed by atoms with E-state index in [1.54, 1.807) is 12.1 Å². The zero-order valence-electron chi connectivity index (χ0n) is 12.2. The Morgan fingerprint density at radius 1 is 0.700 bits per heavy atom. The number of benzene rings is 3. The number of hydrogen-bond donors (Lipinski definition) is 1. The molecule has 0 saturated carbocycles. The summed E-state index contributed by atoms with van der Waals surface area (Å²) in [7, 11) is 0. The Morgan fingerprint density at radius 3 is 2.00 bits per heavy atom. The maximum Gasteiger partial charge on any atom is 0.115 e. The van der Waals surface area contributed by atoms with Crippen molar-refractivity contribution in [2.24, 2.45) is 0 Å². The molecule has 1 heteroatoms. The van der Waals surface area contributed by atoms with Crippen LogP contribution in [0, 0.1) is 20.8 Å². The van der Waals surface area contributed by atoms with Crippen molar-refractivity contribution in [3.05, 3.63) is 77.4 Å². The minimum Gasteiger partial charge on any atom is -0.508 e. The first kappa shape index (κ1) is 14.1. The van der Waals surface area contributed by atoms with Crippen molar-refractivity contribution < 1.29 is 5.11 Å². The number of phenols is 1. The molecule has 0 fully saturated rings. The molecule has 0 bridgehead atoms. The fourth-order valence-corrected chi connectivity index (χ4v) is 2.08. The van der Waals surface area contributed by atoms with Crippen molar-refractivity contribution in [2.45, 2.75) is 20.8 Å². The van der Waals surface area contributed by atoms with Crippen LogP contribution in [0.4, 0.5) is 0 Å². The molecule has 0 heterocycles. The van der Waals surface area contributed by atoms with E-state index in [-0.39, 0.29) is 0 Å². The minimum absolute atomic E-state index is 0.329. The van der Waals surface area contributed by atoms with Gasteiger partial charge in [-0.3, -0.25) is 0 Å². The van der Waals surface area contributed by atoms with Crippen LogP contribution in [0.15, 0.2) is 60.7 Å². The predicted molar refractivity (Wildman–Crippen MR) is 86.3 cm³/mol. The summed E-state index contributed by atoms with van der Waals surface area (Å²) in [6.07, 6.45) is 0. The van der Waals surface area contributed by atoms with Gasteiger partial charge in [0, 0.05) is 0 Å². The summed E-state index contributed by atoms with van der Waals surface area (Å²) in [5, 5.41) is 11.5. The van der Waals surface area contributed by atoms with Gasteiger partial charge in [-0.05, 0) is 54.8 Å². The Labute approximate surface area is 120 Å². The molecule has 0 amide bonds. The SMILES string of the molecule is Cc1ccc(O)cc1.Cc1ccc2ccccc2c1C. The third kappa shape index (κ3) is 3.39. The second kappa shape index (κ2) is 6.25. The van der Waals surface area contributed by atoms with E-state index < -0.39 is 0 Å². The highest BCUT2D eigenvalue weighted by Gasteiger charge is 1.97. The summed E-state index contributed by atoms with van der Waals surface area (Å²) in [6, 6.07) is 20.0. The monoisotopic (exact) mass is 264 g/mol. The lowest BCUT2D eigenvalue weighted by Crippen LogP contribution is -1.82. The molecule has 0 atom stereocenters. The molecule has 0 aromatic heterocycles. The van der Waals surface area contributed by atoms with E-state index in [1.165, 1.54) is 27.5 Å². The maximum atomic E-state index is 8.76. The normalized spacial score (nSPS) is 9.95. The molecule has 3 aromatic rings. The Hall–Kier alpha value is -2.28. The molecule has 102 valence electrons. The average Bonchev–Trinajstić information content (AvgIpc) is 2.47. The molecule has 20 heavy (non-hydrogen) atoms. The molecule has 1 nitrogen and oxygen atoms in total. The average molecular weight is 264 g/mol. The van der Waals surface area contributed by atoms with Gasteiger partial charge >= 0.3 is 0 Å². The predicted octanol–water partition coefficient (Wildman–Crippen LogP) is 5.16. The van der Waals surface area contributed by atoms with Gasteiger partial charge in [0.15, 0.2) is 0 Å². The standard InChI is InChI=1S/C12H12.C7H8O/c1-9-7-8-11-5-3-4-6-12(11)10(9)2;1-6-2-4-7(8)5-3-6/h3-8H,1-2H3;2-5,8H,1H3. The third-order valence-electron chi connectivity index (χ3n) is 3.50. The van der Waals surface area contributed by atoms with Crippen molar-refractivity contribution in [1.29, 1.82) is 0 Å². The van der Waals surface area contributed by atoms with Crippen LogP contribution in [0.5, 0.6) is 5.75 Å². The first-order valence-electron chi connectivity index (χ1n) is 6.78. The molecule has 0 saturated heterocycles. The Morgan fingerprint density at radius 2 is 1.35 bits per heavy atom. The summed E-state index contributed by atoms with van der Waals surface area (Å²) in [4.78, 5) is 0. The van der Waals surface area contributed by atoms with Crippen molar-refractivity contribution in [3.63, 3.8) is 0 Å². The molecule has 0 aliphatic carbocycles. The van der Waals surface area contributed by atoms with Crippen molar-refractivity contribution in [3.8, 4) is 5.75 Å². The molecule has 0 spiro atoms. The van der Waals surface area contributed by atoms with Crippen LogP contribution in [0.2, 0.25) is 0 Å². The summed E-state index contributed by atoms with van der Waals surface area (Å²) in [5.74, 6) is 0.329. The second-order valence-corrected chi connectivity index (χ2v) is 5.06. The van der Waals surface area contributed by atoms with Gasteiger partial charge in [-0.25, -0.2) is 0 Å². The van der Waals surface area contributed by atoms with Gasteiger partial charge in [0.1, 0.15) is 5.75 Å². The first-order chi connectivity index (χ1) is 9.58. The number of rotatable bonds is 0. The fraction of sp³-hybridized carbons (Fsp3) is 0.158. The van der Waals surface area contributed by atoms with E-state index in [0.717, 1.165) is 0 Å². The van der Waals surface area contributed by atoms with E-state index in [2.05, 4.69) is 50.2 Å². The van der Waals surface area contributed by atoms with Crippen LogP contribution in [-0.2, 0) is 0 Å². The molecule has 0 aliphatic heterocycles. The molecule has 3 rings (SSSR count). The van der Waals surface area contributed by atoms with E-state index in [1.807, 2.05) is 19.1 Å². The van der Waals surface area contributed by atoms with Crippen LogP contribution in [-0.4, -0.2) is 5.11 Å². The van der Waals surface area contributed by atoms with Gasteiger partial charge in [-0.1, -0.05) is 54.1 Å². The number of hydrogen-bond acceptors (Lipinski definition) is 1. The van der Waals surface area contributed by atoms with E-state index in [0.29, 0.717) is 5.75 Å². The van der Waals surface area contributed by atoms with Gasteiger partial charge in [-0.2, -0.15) is 0 Å². The minimum atomic E-state index is 0.329. The molecule has 3 aromatic carbocycles. The molecule has 0 radical (unpaired) electrons. The van der Waals surface area contributed by atoms with E-state index >= 15 is 0 Å². The molecule has 0 aliphatic rings. The third-order valence-corrected chi connectivity index (χ3v) is 3.50. The maximum absolute atomic E-state index is 8.76. The molecule has 0 unspecified atom stereocenters. The number of phenolic OH excluding ortho intramolecular Hbond substituents is 1. The number of fused-ring (bicyclic) bond motifs is 1. The summed E-state index contributed by atoms with van der Waals surface area (Å²) >= 11 is 0. The highest BCUT2D eigenvalue weighted by atomic mass is 16.3. The Bertz CT molecular complexity index is 676. The number of aromatic hydroxyl groups is 1. The zero-order chi connectivity index (χ0) is 14.5. The molecule has 1 N–H and O–H groups in total. The summed E-state index contributed by atoms with van der Waals surface area (Å²) in [5.41, 5.74) is 3.93. The van der Waals surface area contributed by atoms with Crippen molar-refractivity contribution in [1.82, 2.24) is 0 Å². The Kier molecular flexibility index (Phi) is 4.41. The van der Waals surface area contributed by atoms with Gasteiger partial charge in [0.2, 0.25) is 0 Å². The lowest BCUT2D eigenvalue weighted by Gasteiger charge is -2.04. The quantitative estimate of drug-likeness (QED) is 0.595. The molecular weight excluding hydrogens is 244 g/mol. The lowest BCUT2D eigenvalue weighted by molar-refractivity contribution is 0.475. The van der Waals surface area contributed by atoms with Gasteiger partial charge < -0.3 is 5.11 Å².